The Morgan fingerprint density at radius 2 is 1.74 bits per heavy atom. The molecule has 2 amide bonds. The van der Waals surface area contributed by atoms with Crippen LogP contribution < -0.4 is 10.6 Å². The number of rotatable bonds is 3. The molecule has 1 atom stereocenters. The molecule has 1 aromatic rings. The van der Waals surface area contributed by atoms with Crippen molar-refractivity contribution in [1.82, 2.24) is 10.2 Å². The lowest BCUT2D eigenvalue weighted by molar-refractivity contribution is -0.141. The fourth-order valence-electron chi connectivity index (χ4n) is 4.57. The maximum atomic E-state index is 12.4. The monoisotopic (exact) mass is 373 g/mol. The Labute approximate surface area is 161 Å². The van der Waals surface area contributed by atoms with E-state index in [0.29, 0.717) is 12.1 Å². The summed E-state index contributed by atoms with van der Waals surface area (Å²) < 4.78 is 11.7. The predicted molar refractivity (Wildman–Crippen MR) is 105 cm³/mol. The Balaban J connectivity index is 1.23. The number of piperidine rings is 1. The number of likely N-dealkylation sites (tertiary alicyclic amines) is 1. The number of hydrogen-bond donors (Lipinski definition) is 2. The SMILES string of the molecule is O=C(Nc1ccccc1)N1CCC(N[C@@H]2CCOC3(CCOCC3)C2)CC1. The molecule has 0 unspecified atom stereocenters. The summed E-state index contributed by atoms with van der Waals surface area (Å²) in [5.41, 5.74) is 0.886. The van der Waals surface area contributed by atoms with Gasteiger partial charge < -0.3 is 25.0 Å². The molecule has 6 nitrogen and oxygen atoms in total. The summed E-state index contributed by atoms with van der Waals surface area (Å²) in [5.74, 6) is 0. The van der Waals surface area contributed by atoms with E-state index in [1.165, 1.54) is 0 Å². The number of carbonyl (C=O) groups is 1. The number of urea groups is 1. The quantitative estimate of drug-likeness (QED) is 0.855. The number of ether oxygens (including phenoxy) is 2. The van der Waals surface area contributed by atoms with Crippen LogP contribution in [-0.4, -0.2) is 61.5 Å². The van der Waals surface area contributed by atoms with E-state index in [1.54, 1.807) is 0 Å². The summed E-state index contributed by atoms with van der Waals surface area (Å²) in [6.07, 6.45) is 6.22. The summed E-state index contributed by atoms with van der Waals surface area (Å²) in [6, 6.07) is 10.7. The Morgan fingerprint density at radius 1 is 1.00 bits per heavy atom. The second-order valence-electron chi connectivity index (χ2n) is 8.06. The van der Waals surface area contributed by atoms with Crippen molar-refractivity contribution in [3.63, 3.8) is 0 Å². The van der Waals surface area contributed by atoms with Gasteiger partial charge >= 0.3 is 6.03 Å². The van der Waals surface area contributed by atoms with Crippen molar-refractivity contribution in [3.05, 3.63) is 30.3 Å². The normalized spacial score (nSPS) is 26.1. The van der Waals surface area contributed by atoms with Crippen LogP contribution >= 0.6 is 0 Å². The second kappa shape index (κ2) is 8.59. The van der Waals surface area contributed by atoms with Gasteiger partial charge in [0.1, 0.15) is 0 Å². The Kier molecular flexibility index (Phi) is 5.95. The van der Waals surface area contributed by atoms with Crippen molar-refractivity contribution in [2.75, 3.05) is 38.2 Å². The number of nitrogens with one attached hydrogen (secondary N) is 2. The minimum atomic E-state index is 0.00637. The van der Waals surface area contributed by atoms with Gasteiger partial charge in [0.25, 0.3) is 0 Å². The van der Waals surface area contributed by atoms with Crippen LogP contribution in [0.2, 0.25) is 0 Å². The van der Waals surface area contributed by atoms with Crippen LogP contribution in [0.1, 0.15) is 38.5 Å². The Morgan fingerprint density at radius 3 is 2.48 bits per heavy atom. The molecule has 1 spiro atoms. The van der Waals surface area contributed by atoms with Gasteiger partial charge in [0.2, 0.25) is 0 Å². The number of para-hydroxylation sites is 1. The molecular formula is C21H31N3O3. The largest absolute Gasteiger partial charge is 0.381 e. The molecule has 0 radical (unpaired) electrons. The zero-order chi connectivity index (χ0) is 18.5. The first-order valence-corrected chi connectivity index (χ1v) is 10.3. The highest BCUT2D eigenvalue weighted by Gasteiger charge is 2.39. The molecule has 0 aliphatic carbocycles. The smallest absolute Gasteiger partial charge is 0.321 e. The summed E-state index contributed by atoms with van der Waals surface area (Å²) in [7, 11) is 0. The lowest BCUT2D eigenvalue weighted by atomic mass is 9.83. The highest BCUT2D eigenvalue weighted by molar-refractivity contribution is 5.89. The minimum absolute atomic E-state index is 0.00637. The van der Waals surface area contributed by atoms with Gasteiger partial charge in [-0.2, -0.15) is 0 Å². The van der Waals surface area contributed by atoms with Gasteiger partial charge in [0.05, 0.1) is 5.60 Å². The number of anilines is 1. The van der Waals surface area contributed by atoms with Gasteiger partial charge in [0.15, 0.2) is 0 Å². The van der Waals surface area contributed by atoms with Gasteiger partial charge in [-0.25, -0.2) is 4.79 Å². The molecule has 3 aliphatic heterocycles. The van der Waals surface area contributed by atoms with E-state index in [2.05, 4.69) is 10.6 Å². The average Bonchev–Trinajstić information content (AvgIpc) is 2.70. The second-order valence-corrected chi connectivity index (χ2v) is 8.06. The fourth-order valence-corrected chi connectivity index (χ4v) is 4.57. The number of benzene rings is 1. The van der Waals surface area contributed by atoms with Gasteiger partial charge in [-0.15, -0.1) is 0 Å². The van der Waals surface area contributed by atoms with Crippen molar-refractivity contribution < 1.29 is 14.3 Å². The molecule has 3 fully saturated rings. The van der Waals surface area contributed by atoms with Crippen molar-refractivity contribution in [1.29, 1.82) is 0 Å². The molecule has 1 aromatic carbocycles. The van der Waals surface area contributed by atoms with Gasteiger partial charge in [0, 0.05) is 50.7 Å². The molecule has 0 bridgehead atoms. The van der Waals surface area contributed by atoms with E-state index in [-0.39, 0.29) is 11.6 Å². The highest BCUT2D eigenvalue weighted by Crippen LogP contribution is 2.34. The summed E-state index contributed by atoms with van der Waals surface area (Å²) in [5, 5.41) is 6.84. The van der Waals surface area contributed by atoms with Gasteiger partial charge in [-0.05, 0) is 50.7 Å². The third kappa shape index (κ3) is 4.81. The molecule has 148 valence electrons. The zero-order valence-corrected chi connectivity index (χ0v) is 16.0. The maximum absolute atomic E-state index is 12.4. The summed E-state index contributed by atoms with van der Waals surface area (Å²) in [6.45, 7) is 4.09. The predicted octanol–water partition coefficient (Wildman–Crippen LogP) is 3.00. The number of nitrogens with zero attached hydrogens (tertiary/aromatic N) is 1. The molecule has 0 aromatic heterocycles. The van der Waals surface area contributed by atoms with E-state index in [0.717, 1.165) is 77.1 Å². The number of carbonyl (C=O) groups excluding carboxylic acids is 1. The zero-order valence-electron chi connectivity index (χ0n) is 16.0. The van der Waals surface area contributed by atoms with E-state index >= 15 is 0 Å². The topological polar surface area (TPSA) is 62.8 Å². The lowest BCUT2D eigenvalue weighted by Crippen LogP contribution is -2.54. The van der Waals surface area contributed by atoms with E-state index < -0.39 is 0 Å². The van der Waals surface area contributed by atoms with Crippen LogP contribution in [0.4, 0.5) is 10.5 Å². The van der Waals surface area contributed by atoms with Gasteiger partial charge in [-0.1, -0.05) is 18.2 Å². The molecular weight excluding hydrogens is 342 g/mol. The lowest BCUT2D eigenvalue weighted by Gasteiger charge is -2.45. The van der Waals surface area contributed by atoms with Crippen molar-refractivity contribution in [2.45, 2.75) is 56.2 Å². The molecule has 3 saturated heterocycles. The molecule has 2 N–H and O–H groups in total. The first kappa shape index (κ1) is 18.7. The van der Waals surface area contributed by atoms with E-state index in [9.17, 15) is 4.79 Å². The standard InChI is InChI=1S/C21H31N3O3/c25-20(23-17-4-2-1-3-5-17)24-11-6-18(7-12-24)22-19-8-13-27-21(16-19)9-14-26-15-10-21/h1-5,18-19,22H,6-16H2,(H,23,25)/t19-/m1/s1. The van der Waals surface area contributed by atoms with Crippen LogP contribution in [0, 0.1) is 0 Å². The van der Waals surface area contributed by atoms with Crippen molar-refractivity contribution in [3.8, 4) is 0 Å². The molecule has 0 saturated carbocycles. The first-order chi connectivity index (χ1) is 13.2. The molecule has 27 heavy (non-hydrogen) atoms. The van der Waals surface area contributed by atoms with Crippen LogP contribution in [0.3, 0.4) is 0 Å². The highest BCUT2D eigenvalue weighted by atomic mass is 16.5. The Bertz CT molecular complexity index is 605. The van der Waals surface area contributed by atoms with E-state index in [4.69, 9.17) is 9.47 Å². The van der Waals surface area contributed by atoms with Crippen LogP contribution in [0.25, 0.3) is 0 Å². The number of amides is 2. The molecule has 4 rings (SSSR count). The van der Waals surface area contributed by atoms with Crippen molar-refractivity contribution >= 4 is 11.7 Å². The minimum Gasteiger partial charge on any atom is -0.381 e. The third-order valence-electron chi connectivity index (χ3n) is 6.18. The van der Waals surface area contributed by atoms with Crippen LogP contribution in [0.15, 0.2) is 30.3 Å². The third-order valence-corrected chi connectivity index (χ3v) is 6.18. The summed E-state index contributed by atoms with van der Waals surface area (Å²) >= 11 is 0. The van der Waals surface area contributed by atoms with Crippen LogP contribution in [-0.2, 0) is 9.47 Å². The van der Waals surface area contributed by atoms with E-state index in [1.807, 2.05) is 35.2 Å². The maximum Gasteiger partial charge on any atom is 0.321 e. The molecule has 3 heterocycles. The molecule has 3 aliphatic rings. The first-order valence-electron chi connectivity index (χ1n) is 10.3. The average molecular weight is 373 g/mol. The van der Waals surface area contributed by atoms with Gasteiger partial charge in [-0.3, -0.25) is 0 Å². The van der Waals surface area contributed by atoms with Crippen LogP contribution in [0.5, 0.6) is 0 Å². The summed E-state index contributed by atoms with van der Waals surface area (Å²) in [4.78, 5) is 14.4. The van der Waals surface area contributed by atoms with Crippen molar-refractivity contribution in [2.24, 2.45) is 0 Å². The Hall–Kier alpha value is -1.63. The fraction of sp³-hybridized carbons (Fsp3) is 0.667. The molecule has 6 heteroatoms. The number of hydrogen-bond acceptors (Lipinski definition) is 4.